The minimum Gasteiger partial charge on any atom is -0.377 e. The Kier molecular flexibility index (Phi) is 3.54. The van der Waals surface area contributed by atoms with Gasteiger partial charge in [-0.05, 0) is 46.7 Å². The van der Waals surface area contributed by atoms with Gasteiger partial charge in [0.25, 0.3) is 5.69 Å². The molecule has 4 heteroatoms. The zero-order valence-corrected chi connectivity index (χ0v) is 15.1. The average molecular weight is 356 g/mol. The van der Waals surface area contributed by atoms with E-state index in [9.17, 15) is 10.1 Å². The number of nitrogens with zero attached hydrogens (tertiary/aromatic N) is 1. The van der Waals surface area contributed by atoms with Gasteiger partial charge >= 0.3 is 0 Å². The van der Waals surface area contributed by atoms with Crippen molar-refractivity contribution in [1.82, 2.24) is 0 Å². The highest BCUT2D eigenvalue weighted by atomic mass is 16.6. The first-order valence-corrected chi connectivity index (χ1v) is 9.33. The van der Waals surface area contributed by atoms with Gasteiger partial charge in [0.1, 0.15) is 0 Å². The Hall–Kier alpha value is -3.14. The fourth-order valence-corrected chi connectivity index (χ4v) is 4.80. The summed E-state index contributed by atoms with van der Waals surface area (Å²) in [4.78, 5) is 11.0. The molecule has 3 atom stereocenters. The molecule has 0 spiro atoms. The molecule has 1 N–H and O–H groups in total. The van der Waals surface area contributed by atoms with Gasteiger partial charge in [0.05, 0.1) is 11.0 Å². The van der Waals surface area contributed by atoms with E-state index < -0.39 is 0 Å². The molecule has 0 bridgehead atoms. The van der Waals surface area contributed by atoms with Crippen LogP contribution >= 0.6 is 0 Å². The number of aryl methyl sites for hydroxylation is 1. The van der Waals surface area contributed by atoms with E-state index in [1.165, 1.54) is 16.3 Å². The maximum Gasteiger partial charge on any atom is 0.270 e. The summed E-state index contributed by atoms with van der Waals surface area (Å²) in [6, 6.07) is 18.6. The molecule has 1 aliphatic carbocycles. The van der Waals surface area contributed by atoms with Crippen LogP contribution in [0.4, 0.5) is 11.4 Å². The zero-order chi connectivity index (χ0) is 18.5. The molecule has 0 fully saturated rings. The minimum atomic E-state index is -0.294. The summed E-state index contributed by atoms with van der Waals surface area (Å²) >= 11 is 0. The number of fused-ring (bicyclic) bond motifs is 4. The molecule has 2 aliphatic rings. The molecule has 0 saturated heterocycles. The fraction of sp³-hybridized carbons (Fsp3) is 0.217. The van der Waals surface area contributed by atoms with Crippen LogP contribution < -0.4 is 5.32 Å². The predicted molar refractivity (Wildman–Crippen MR) is 108 cm³/mol. The highest BCUT2D eigenvalue weighted by molar-refractivity contribution is 5.87. The van der Waals surface area contributed by atoms with E-state index in [0.29, 0.717) is 5.92 Å². The number of nitro benzene ring substituents is 1. The quantitative estimate of drug-likeness (QED) is 0.354. The van der Waals surface area contributed by atoms with E-state index in [0.717, 1.165) is 23.2 Å². The Bertz CT molecular complexity index is 1100. The number of nitrogens with one attached hydrogen (secondary N) is 1. The Morgan fingerprint density at radius 2 is 1.89 bits per heavy atom. The summed E-state index contributed by atoms with van der Waals surface area (Å²) in [7, 11) is 0. The molecular weight excluding hydrogens is 336 g/mol. The molecule has 0 amide bonds. The number of rotatable bonds is 2. The normalized spacial score (nSPS) is 22.9. The van der Waals surface area contributed by atoms with E-state index >= 15 is 0 Å². The van der Waals surface area contributed by atoms with Crippen molar-refractivity contribution in [2.45, 2.75) is 25.3 Å². The molecule has 1 aliphatic heterocycles. The van der Waals surface area contributed by atoms with E-state index in [2.05, 4.69) is 59.9 Å². The monoisotopic (exact) mass is 356 g/mol. The highest BCUT2D eigenvalue weighted by Gasteiger charge is 2.39. The summed E-state index contributed by atoms with van der Waals surface area (Å²) < 4.78 is 0. The number of allylic oxidation sites excluding steroid dienone is 2. The number of non-ortho nitro benzene ring substituents is 1. The van der Waals surface area contributed by atoms with Gasteiger partial charge in [-0.2, -0.15) is 0 Å². The second-order valence-corrected chi connectivity index (χ2v) is 7.53. The first kappa shape index (κ1) is 16.1. The van der Waals surface area contributed by atoms with Crippen molar-refractivity contribution in [2.24, 2.45) is 5.92 Å². The van der Waals surface area contributed by atoms with Crippen LogP contribution in [0, 0.1) is 23.0 Å². The van der Waals surface area contributed by atoms with Gasteiger partial charge in [0.15, 0.2) is 0 Å². The van der Waals surface area contributed by atoms with Crippen molar-refractivity contribution in [3.05, 3.63) is 93.6 Å². The van der Waals surface area contributed by atoms with Gasteiger partial charge in [0.2, 0.25) is 0 Å². The van der Waals surface area contributed by atoms with Gasteiger partial charge in [-0.15, -0.1) is 0 Å². The third-order valence-corrected chi connectivity index (χ3v) is 6.02. The molecular formula is C23H20N2O2. The van der Waals surface area contributed by atoms with Crippen molar-refractivity contribution in [3.63, 3.8) is 0 Å². The Morgan fingerprint density at radius 1 is 1.07 bits per heavy atom. The van der Waals surface area contributed by atoms with Gasteiger partial charge in [-0.1, -0.05) is 54.6 Å². The molecule has 27 heavy (non-hydrogen) atoms. The van der Waals surface area contributed by atoms with Crippen LogP contribution in [0.25, 0.3) is 10.8 Å². The van der Waals surface area contributed by atoms with Crippen molar-refractivity contribution < 1.29 is 4.92 Å². The number of hydrogen-bond acceptors (Lipinski definition) is 3. The molecule has 134 valence electrons. The summed E-state index contributed by atoms with van der Waals surface area (Å²) in [5, 5.41) is 17.6. The minimum absolute atomic E-state index is 0.177. The molecule has 4 nitrogen and oxygen atoms in total. The lowest BCUT2D eigenvalue weighted by Gasteiger charge is -2.38. The Morgan fingerprint density at radius 3 is 2.74 bits per heavy atom. The van der Waals surface area contributed by atoms with Gasteiger partial charge in [-0.3, -0.25) is 10.1 Å². The summed E-state index contributed by atoms with van der Waals surface area (Å²) in [6.45, 7) is 1.96. The molecule has 3 aromatic carbocycles. The van der Waals surface area contributed by atoms with Crippen molar-refractivity contribution in [2.75, 3.05) is 5.32 Å². The van der Waals surface area contributed by atoms with Crippen LogP contribution in [-0.4, -0.2) is 4.92 Å². The highest BCUT2D eigenvalue weighted by Crippen LogP contribution is 2.52. The third-order valence-electron chi connectivity index (χ3n) is 6.02. The molecule has 0 radical (unpaired) electrons. The van der Waals surface area contributed by atoms with Crippen LogP contribution in [0.2, 0.25) is 0 Å². The predicted octanol–water partition coefficient (Wildman–Crippen LogP) is 5.88. The number of benzene rings is 3. The lowest BCUT2D eigenvalue weighted by atomic mass is 9.75. The van der Waals surface area contributed by atoms with Crippen LogP contribution in [0.5, 0.6) is 0 Å². The second-order valence-electron chi connectivity index (χ2n) is 7.53. The average Bonchev–Trinajstić information content (AvgIpc) is 3.17. The van der Waals surface area contributed by atoms with Gasteiger partial charge in [0, 0.05) is 23.7 Å². The molecule has 3 aromatic rings. The van der Waals surface area contributed by atoms with Crippen LogP contribution in [0.1, 0.15) is 35.1 Å². The van der Waals surface area contributed by atoms with Crippen molar-refractivity contribution >= 4 is 22.1 Å². The lowest BCUT2D eigenvalue weighted by Crippen LogP contribution is -2.29. The van der Waals surface area contributed by atoms with Crippen LogP contribution in [0.15, 0.2) is 66.7 Å². The van der Waals surface area contributed by atoms with Crippen molar-refractivity contribution in [1.29, 1.82) is 0 Å². The number of nitro groups is 1. The van der Waals surface area contributed by atoms with Gasteiger partial charge in [-0.25, -0.2) is 0 Å². The van der Waals surface area contributed by atoms with E-state index in [-0.39, 0.29) is 22.6 Å². The van der Waals surface area contributed by atoms with Crippen LogP contribution in [-0.2, 0) is 0 Å². The summed E-state index contributed by atoms with van der Waals surface area (Å²) in [5.74, 6) is 0.577. The molecule has 1 heterocycles. The smallest absolute Gasteiger partial charge is 0.270 e. The second kappa shape index (κ2) is 5.95. The standard InChI is InChI=1S/C23H20N2O2/c1-14-12-16(25(26)27)13-21-18-9-5-11-20(18)23(24-22(14)21)19-10-4-7-15-6-2-3-8-17(15)19/h2-10,12-13,18,20,23-24H,11H2,1H3. The largest absolute Gasteiger partial charge is 0.377 e. The third kappa shape index (κ3) is 2.44. The number of hydrogen-bond donors (Lipinski definition) is 1. The first-order chi connectivity index (χ1) is 13.1. The Labute approximate surface area is 157 Å². The van der Waals surface area contributed by atoms with E-state index in [1.807, 2.05) is 6.92 Å². The molecule has 0 saturated carbocycles. The first-order valence-electron chi connectivity index (χ1n) is 9.33. The van der Waals surface area contributed by atoms with E-state index in [4.69, 9.17) is 0 Å². The maximum atomic E-state index is 11.3. The molecule has 0 aromatic heterocycles. The van der Waals surface area contributed by atoms with Gasteiger partial charge < -0.3 is 5.32 Å². The lowest BCUT2D eigenvalue weighted by molar-refractivity contribution is -0.385. The molecule has 5 rings (SSSR count). The fourth-order valence-electron chi connectivity index (χ4n) is 4.80. The molecule has 3 unspecified atom stereocenters. The Balaban J connectivity index is 1.68. The van der Waals surface area contributed by atoms with E-state index in [1.54, 1.807) is 12.1 Å². The summed E-state index contributed by atoms with van der Waals surface area (Å²) in [6.07, 6.45) is 5.43. The summed E-state index contributed by atoms with van der Waals surface area (Å²) in [5.41, 5.74) is 4.51. The number of anilines is 1. The SMILES string of the molecule is Cc1cc([N+](=O)[O-])cc2c1NC(c1cccc3ccccc13)C1CC=CC21. The van der Waals surface area contributed by atoms with Crippen molar-refractivity contribution in [3.8, 4) is 0 Å². The maximum absolute atomic E-state index is 11.3. The zero-order valence-electron chi connectivity index (χ0n) is 15.1. The van der Waals surface area contributed by atoms with Crippen LogP contribution in [0.3, 0.4) is 0 Å². The topological polar surface area (TPSA) is 55.2 Å².